The van der Waals surface area contributed by atoms with Gasteiger partial charge in [0, 0.05) is 6.20 Å². The molecule has 1 aromatic heterocycles. The standard InChI is InChI=1S/C14H14N2O3/c15-12-7-11(6-10-4-2-1-3-5-10)8-16(14(12)19)9-13(17)18/h1-5,7-8H,6,9,15H2,(H,17,18). The largest absolute Gasteiger partial charge is 0.480 e. The van der Waals surface area contributed by atoms with Crippen molar-refractivity contribution in [3.63, 3.8) is 0 Å². The molecule has 2 rings (SSSR count). The second-order valence-corrected chi connectivity index (χ2v) is 4.29. The van der Waals surface area contributed by atoms with Crippen molar-refractivity contribution in [2.75, 3.05) is 5.73 Å². The normalized spacial score (nSPS) is 10.3. The Balaban J connectivity index is 2.34. The van der Waals surface area contributed by atoms with Crippen LogP contribution < -0.4 is 11.3 Å². The lowest BCUT2D eigenvalue weighted by atomic mass is 10.1. The van der Waals surface area contributed by atoms with Crippen molar-refractivity contribution in [3.05, 3.63) is 64.1 Å². The Morgan fingerprint density at radius 2 is 1.89 bits per heavy atom. The molecule has 2 aromatic rings. The molecule has 0 saturated heterocycles. The quantitative estimate of drug-likeness (QED) is 0.860. The zero-order valence-corrected chi connectivity index (χ0v) is 10.2. The van der Waals surface area contributed by atoms with E-state index in [1.54, 1.807) is 12.3 Å². The number of nitrogens with two attached hydrogens (primary N) is 1. The first-order chi connectivity index (χ1) is 9.06. The van der Waals surface area contributed by atoms with Gasteiger partial charge in [0.15, 0.2) is 0 Å². The number of anilines is 1. The molecule has 0 saturated carbocycles. The monoisotopic (exact) mass is 258 g/mol. The van der Waals surface area contributed by atoms with E-state index in [2.05, 4.69) is 0 Å². The lowest BCUT2D eigenvalue weighted by Gasteiger charge is -2.08. The van der Waals surface area contributed by atoms with Gasteiger partial charge in [-0.1, -0.05) is 30.3 Å². The van der Waals surface area contributed by atoms with Crippen LogP contribution in [0.5, 0.6) is 0 Å². The van der Waals surface area contributed by atoms with Crippen LogP contribution in [0, 0.1) is 0 Å². The summed E-state index contributed by atoms with van der Waals surface area (Å²) in [6.07, 6.45) is 2.14. The van der Waals surface area contributed by atoms with Crippen LogP contribution in [0.2, 0.25) is 0 Å². The van der Waals surface area contributed by atoms with Crippen LogP contribution in [-0.4, -0.2) is 15.6 Å². The Kier molecular flexibility index (Phi) is 3.66. The number of nitrogen functional groups attached to an aromatic ring is 1. The molecule has 0 radical (unpaired) electrons. The second kappa shape index (κ2) is 5.39. The highest BCUT2D eigenvalue weighted by Crippen LogP contribution is 2.10. The molecule has 98 valence electrons. The van der Waals surface area contributed by atoms with Crippen molar-refractivity contribution >= 4 is 11.7 Å². The first-order valence-corrected chi connectivity index (χ1v) is 5.81. The summed E-state index contributed by atoms with van der Waals surface area (Å²) >= 11 is 0. The molecule has 0 amide bonds. The smallest absolute Gasteiger partial charge is 0.323 e. The zero-order chi connectivity index (χ0) is 13.8. The summed E-state index contributed by atoms with van der Waals surface area (Å²) in [6.45, 7) is -0.383. The molecule has 0 aliphatic heterocycles. The topological polar surface area (TPSA) is 85.3 Å². The first kappa shape index (κ1) is 12.9. The summed E-state index contributed by atoms with van der Waals surface area (Å²) in [5.74, 6) is -1.07. The van der Waals surface area contributed by atoms with Gasteiger partial charge in [-0.25, -0.2) is 0 Å². The van der Waals surface area contributed by atoms with Crippen LogP contribution in [0.1, 0.15) is 11.1 Å². The number of carboxylic acids is 1. The zero-order valence-electron chi connectivity index (χ0n) is 10.2. The molecule has 0 bridgehead atoms. The highest BCUT2D eigenvalue weighted by Gasteiger charge is 2.07. The van der Waals surface area contributed by atoms with Crippen LogP contribution in [0.4, 0.5) is 5.69 Å². The molecular weight excluding hydrogens is 244 g/mol. The molecule has 0 unspecified atom stereocenters. The molecular formula is C14H14N2O3. The van der Waals surface area contributed by atoms with Crippen molar-refractivity contribution in [3.8, 4) is 0 Å². The van der Waals surface area contributed by atoms with E-state index >= 15 is 0 Å². The third-order valence-corrected chi connectivity index (χ3v) is 2.73. The fourth-order valence-electron chi connectivity index (χ4n) is 1.91. The highest BCUT2D eigenvalue weighted by molar-refractivity contribution is 5.66. The van der Waals surface area contributed by atoms with Gasteiger partial charge < -0.3 is 15.4 Å². The van der Waals surface area contributed by atoms with Crippen molar-refractivity contribution in [2.45, 2.75) is 13.0 Å². The van der Waals surface area contributed by atoms with E-state index < -0.39 is 11.5 Å². The van der Waals surface area contributed by atoms with Crippen LogP contribution in [0.15, 0.2) is 47.4 Å². The molecule has 19 heavy (non-hydrogen) atoms. The number of hydrogen-bond acceptors (Lipinski definition) is 3. The fraction of sp³-hybridized carbons (Fsp3) is 0.143. The lowest BCUT2D eigenvalue weighted by molar-refractivity contribution is -0.137. The third kappa shape index (κ3) is 3.22. The number of rotatable bonds is 4. The predicted octanol–water partition coefficient (Wildman–Crippen LogP) is 1.11. The molecule has 1 aromatic carbocycles. The van der Waals surface area contributed by atoms with Gasteiger partial charge in [-0.2, -0.15) is 0 Å². The van der Waals surface area contributed by atoms with E-state index in [9.17, 15) is 9.59 Å². The molecule has 0 fully saturated rings. The molecule has 5 nitrogen and oxygen atoms in total. The number of carbonyl (C=O) groups is 1. The summed E-state index contributed by atoms with van der Waals surface area (Å²) in [5.41, 5.74) is 7.10. The lowest BCUT2D eigenvalue weighted by Crippen LogP contribution is -2.26. The molecule has 3 N–H and O–H groups in total. The van der Waals surface area contributed by atoms with Gasteiger partial charge in [-0.3, -0.25) is 9.59 Å². The number of nitrogens with zero attached hydrogens (tertiary/aromatic N) is 1. The van der Waals surface area contributed by atoms with E-state index in [-0.39, 0.29) is 12.2 Å². The summed E-state index contributed by atoms with van der Waals surface area (Å²) in [7, 11) is 0. The van der Waals surface area contributed by atoms with E-state index in [0.717, 1.165) is 15.7 Å². The van der Waals surface area contributed by atoms with Gasteiger partial charge in [0.2, 0.25) is 0 Å². The summed E-state index contributed by atoms with van der Waals surface area (Å²) in [4.78, 5) is 22.4. The van der Waals surface area contributed by atoms with Gasteiger partial charge in [-0.15, -0.1) is 0 Å². The van der Waals surface area contributed by atoms with Crippen molar-refractivity contribution in [1.82, 2.24) is 4.57 Å². The number of pyridine rings is 1. The van der Waals surface area contributed by atoms with Gasteiger partial charge in [0.1, 0.15) is 6.54 Å². The number of benzene rings is 1. The van der Waals surface area contributed by atoms with E-state index in [1.165, 1.54) is 0 Å². The molecule has 0 aliphatic rings. The molecule has 0 aliphatic carbocycles. The van der Waals surface area contributed by atoms with Crippen molar-refractivity contribution in [2.24, 2.45) is 0 Å². The number of aliphatic carboxylic acids is 1. The Morgan fingerprint density at radius 3 is 2.53 bits per heavy atom. The third-order valence-electron chi connectivity index (χ3n) is 2.73. The highest BCUT2D eigenvalue weighted by atomic mass is 16.4. The average molecular weight is 258 g/mol. The Bertz CT molecular complexity index is 647. The molecule has 1 heterocycles. The van der Waals surface area contributed by atoms with E-state index in [1.807, 2.05) is 30.3 Å². The first-order valence-electron chi connectivity index (χ1n) is 5.81. The van der Waals surface area contributed by atoms with Crippen LogP contribution in [0.25, 0.3) is 0 Å². The maximum Gasteiger partial charge on any atom is 0.323 e. The number of carboxylic acid groups (broad SMARTS) is 1. The number of aromatic nitrogens is 1. The van der Waals surface area contributed by atoms with Gasteiger partial charge in [0.05, 0.1) is 5.69 Å². The van der Waals surface area contributed by atoms with Crippen molar-refractivity contribution in [1.29, 1.82) is 0 Å². The maximum absolute atomic E-state index is 11.7. The Labute approximate surface area is 109 Å². The van der Waals surface area contributed by atoms with Crippen molar-refractivity contribution < 1.29 is 9.90 Å². The molecule has 0 spiro atoms. The Hall–Kier alpha value is -2.56. The Morgan fingerprint density at radius 1 is 1.21 bits per heavy atom. The maximum atomic E-state index is 11.7. The SMILES string of the molecule is Nc1cc(Cc2ccccc2)cn(CC(=O)O)c1=O. The summed E-state index contributed by atoms with van der Waals surface area (Å²) < 4.78 is 1.12. The van der Waals surface area contributed by atoms with Gasteiger partial charge in [0.25, 0.3) is 5.56 Å². The second-order valence-electron chi connectivity index (χ2n) is 4.29. The summed E-state index contributed by atoms with van der Waals surface area (Å²) in [5, 5.41) is 8.76. The van der Waals surface area contributed by atoms with Crippen LogP contribution in [-0.2, 0) is 17.8 Å². The minimum atomic E-state index is -1.07. The van der Waals surface area contributed by atoms with E-state index in [0.29, 0.717) is 6.42 Å². The summed E-state index contributed by atoms with van der Waals surface area (Å²) in [6, 6.07) is 11.3. The molecule has 5 heteroatoms. The average Bonchev–Trinajstić information content (AvgIpc) is 2.36. The van der Waals surface area contributed by atoms with E-state index in [4.69, 9.17) is 10.8 Å². The minimum absolute atomic E-state index is 0.0645. The van der Waals surface area contributed by atoms with Crippen LogP contribution >= 0.6 is 0 Å². The number of hydrogen-bond donors (Lipinski definition) is 2. The predicted molar refractivity (Wildman–Crippen MR) is 72.0 cm³/mol. The van der Waals surface area contributed by atoms with Gasteiger partial charge in [-0.05, 0) is 23.6 Å². The van der Waals surface area contributed by atoms with Gasteiger partial charge >= 0.3 is 5.97 Å². The molecule has 0 atom stereocenters. The minimum Gasteiger partial charge on any atom is -0.480 e. The van der Waals surface area contributed by atoms with Crippen LogP contribution in [0.3, 0.4) is 0 Å². The fourth-order valence-corrected chi connectivity index (χ4v) is 1.91.